The molecule has 0 fully saturated rings. The van der Waals surface area contributed by atoms with Crippen molar-refractivity contribution in [3.05, 3.63) is 133 Å². The highest BCUT2D eigenvalue weighted by molar-refractivity contribution is 7.22. The second kappa shape index (κ2) is 9.73. The molecule has 0 saturated heterocycles. The van der Waals surface area contributed by atoms with E-state index in [1.54, 1.807) is 11.3 Å². The van der Waals surface area contributed by atoms with E-state index >= 15 is 0 Å². The van der Waals surface area contributed by atoms with Gasteiger partial charge >= 0.3 is 0 Å². The molecule has 5 heteroatoms. The Morgan fingerprint density at radius 2 is 0.951 bits per heavy atom. The van der Waals surface area contributed by atoms with Crippen LogP contribution in [0.25, 0.3) is 76.5 Å². The zero-order chi connectivity index (χ0) is 27.2. The normalized spacial score (nSPS) is 11.4. The maximum Gasteiger partial charge on any atom is 0.164 e. The van der Waals surface area contributed by atoms with Crippen molar-refractivity contribution < 1.29 is 0 Å². The third-order valence-electron chi connectivity index (χ3n) is 7.33. The molecular weight excluding hydrogens is 520 g/mol. The second-order valence-electron chi connectivity index (χ2n) is 9.97. The predicted molar refractivity (Wildman–Crippen MR) is 170 cm³/mol. The van der Waals surface area contributed by atoms with Gasteiger partial charge in [0.25, 0.3) is 0 Å². The third-order valence-corrected chi connectivity index (χ3v) is 8.48. The number of thiazole rings is 1. The quantitative estimate of drug-likeness (QED) is 0.222. The van der Waals surface area contributed by atoms with Crippen molar-refractivity contribution in [1.29, 1.82) is 0 Å². The monoisotopic (exact) mass is 542 g/mol. The summed E-state index contributed by atoms with van der Waals surface area (Å²) < 4.78 is 1.16. The zero-order valence-corrected chi connectivity index (χ0v) is 22.7. The lowest BCUT2D eigenvalue weighted by molar-refractivity contribution is 1.08. The van der Waals surface area contributed by atoms with Gasteiger partial charge < -0.3 is 0 Å². The van der Waals surface area contributed by atoms with Crippen molar-refractivity contribution in [3.8, 4) is 44.7 Å². The molecular formula is C36H22N4S. The largest absolute Gasteiger partial charge is 0.236 e. The van der Waals surface area contributed by atoms with Gasteiger partial charge in [-0.3, -0.25) is 0 Å². The fourth-order valence-corrected chi connectivity index (χ4v) is 6.32. The molecule has 0 atom stereocenters. The number of hydrogen-bond acceptors (Lipinski definition) is 5. The van der Waals surface area contributed by atoms with E-state index in [9.17, 15) is 0 Å². The fraction of sp³-hybridized carbons (Fsp3) is 0. The highest BCUT2D eigenvalue weighted by Gasteiger charge is 2.15. The lowest BCUT2D eigenvalue weighted by atomic mass is 10.1. The first kappa shape index (κ1) is 23.6. The molecule has 0 radical (unpaired) electrons. The van der Waals surface area contributed by atoms with E-state index in [0.717, 1.165) is 53.6 Å². The summed E-state index contributed by atoms with van der Waals surface area (Å²) in [5, 5.41) is 5.67. The Labute approximate surface area is 240 Å². The van der Waals surface area contributed by atoms with Crippen molar-refractivity contribution in [2.75, 3.05) is 0 Å². The van der Waals surface area contributed by atoms with Gasteiger partial charge in [0.05, 0.1) is 10.2 Å². The molecule has 192 valence electrons. The topological polar surface area (TPSA) is 51.6 Å². The predicted octanol–water partition coefficient (Wildman–Crippen LogP) is 9.46. The highest BCUT2D eigenvalue weighted by Crippen LogP contribution is 2.37. The average molecular weight is 543 g/mol. The van der Waals surface area contributed by atoms with Crippen molar-refractivity contribution in [2.45, 2.75) is 0 Å². The average Bonchev–Trinajstić information content (AvgIpc) is 3.50. The van der Waals surface area contributed by atoms with Gasteiger partial charge in [0, 0.05) is 27.6 Å². The van der Waals surface area contributed by atoms with Crippen molar-refractivity contribution in [3.63, 3.8) is 0 Å². The SMILES string of the molecule is c1ccc(-c2nc(-c3ccc4ccccc4c3)nc(-c3ccc4ccc5nc(-c6ccccc6)sc5c4c3)n2)cc1. The van der Waals surface area contributed by atoms with Crippen LogP contribution in [0.1, 0.15) is 0 Å². The molecule has 0 N–H and O–H groups in total. The minimum absolute atomic E-state index is 0.647. The maximum atomic E-state index is 5.01. The molecule has 0 amide bonds. The summed E-state index contributed by atoms with van der Waals surface area (Å²) in [5.41, 5.74) is 4.99. The molecule has 0 bridgehead atoms. The molecule has 8 rings (SSSR count). The van der Waals surface area contributed by atoms with Gasteiger partial charge in [-0.15, -0.1) is 11.3 Å². The Kier molecular flexibility index (Phi) is 5.61. The van der Waals surface area contributed by atoms with Crippen LogP contribution in [-0.2, 0) is 0 Å². The van der Waals surface area contributed by atoms with Gasteiger partial charge in [0.1, 0.15) is 5.01 Å². The summed E-state index contributed by atoms with van der Waals surface area (Å²) in [6.07, 6.45) is 0. The van der Waals surface area contributed by atoms with Gasteiger partial charge in [-0.1, -0.05) is 115 Å². The molecule has 8 aromatic rings. The Hall–Kier alpha value is -5.26. The van der Waals surface area contributed by atoms with Crippen LogP contribution in [-0.4, -0.2) is 19.9 Å². The maximum absolute atomic E-state index is 5.01. The van der Waals surface area contributed by atoms with E-state index in [2.05, 4.69) is 97.1 Å². The van der Waals surface area contributed by atoms with Crippen LogP contribution in [0.4, 0.5) is 0 Å². The Bertz CT molecular complexity index is 2210. The first-order chi connectivity index (χ1) is 20.3. The number of hydrogen-bond donors (Lipinski definition) is 0. The minimum atomic E-state index is 0.647. The number of fused-ring (bicyclic) bond motifs is 4. The van der Waals surface area contributed by atoms with Crippen LogP contribution < -0.4 is 0 Å². The smallest absolute Gasteiger partial charge is 0.164 e. The molecule has 4 nitrogen and oxygen atoms in total. The summed E-state index contributed by atoms with van der Waals surface area (Å²) in [4.78, 5) is 19.8. The lowest BCUT2D eigenvalue weighted by Crippen LogP contribution is -2.00. The van der Waals surface area contributed by atoms with Crippen LogP contribution in [0.3, 0.4) is 0 Å². The first-order valence-electron chi connectivity index (χ1n) is 13.5. The standard InChI is InChI=1S/C36H22N4S/c1-3-10-25(11-4-1)33-38-34(28-17-15-23-9-7-8-14-27(23)21-28)40-35(39-33)29-18-16-24-19-20-31-32(30(24)22-29)41-36(37-31)26-12-5-2-6-13-26/h1-22H. The molecule has 0 aliphatic heterocycles. The van der Waals surface area contributed by atoms with E-state index in [1.165, 1.54) is 5.39 Å². The van der Waals surface area contributed by atoms with E-state index in [0.29, 0.717) is 17.5 Å². The van der Waals surface area contributed by atoms with E-state index in [-0.39, 0.29) is 0 Å². The summed E-state index contributed by atoms with van der Waals surface area (Å²) in [5.74, 6) is 1.96. The van der Waals surface area contributed by atoms with Gasteiger partial charge in [0.15, 0.2) is 17.5 Å². The molecule has 0 saturated carbocycles. The van der Waals surface area contributed by atoms with E-state index in [4.69, 9.17) is 19.9 Å². The summed E-state index contributed by atoms with van der Waals surface area (Å²) in [6.45, 7) is 0. The molecule has 2 aromatic heterocycles. The van der Waals surface area contributed by atoms with Crippen molar-refractivity contribution in [1.82, 2.24) is 19.9 Å². The molecule has 41 heavy (non-hydrogen) atoms. The second-order valence-corrected chi connectivity index (χ2v) is 11.0. The van der Waals surface area contributed by atoms with Gasteiger partial charge in [-0.25, -0.2) is 19.9 Å². The van der Waals surface area contributed by atoms with E-state index in [1.807, 2.05) is 36.4 Å². The molecule has 2 heterocycles. The third kappa shape index (κ3) is 4.33. The zero-order valence-electron chi connectivity index (χ0n) is 21.9. The van der Waals surface area contributed by atoms with E-state index < -0.39 is 0 Å². The number of benzene rings is 6. The summed E-state index contributed by atoms with van der Waals surface area (Å²) in [6, 6.07) is 45.8. The van der Waals surface area contributed by atoms with Gasteiger partial charge in [-0.2, -0.15) is 0 Å². The summed E-state index contributed by atoms with van der Waals surface area (Å²) >= 11 is 1.72. The van der Waals surface area contributed by atoms with Crippen molar-refractivity contribution in [2.24, 2.45) is 0 Å². The highest BCUT2D eigenvalue weighted by atomic mass is 32.1. The number of aromatic nitrogens is 4. The Morgan fingerprint density at radius 1 is 0.390 bits per heavy atom. The lowest BCUT2D eigenvalue weighted by Gasteiger charge is -2.10. The van der Waals surface area contributed by atoms with Gasteiger partial charge in [-0.05, 0) is 34.4 Å². The van der Waals surface area contributed by atoms with Crippen molar-refractivity contribution >= 4 is 43.1 Å². The Balaban J connectivity index is 1.31. The van der Waals surface area contributed by atoms with Crippen LogP contribution in [0.15, 0.2) is 133 Å². The van der Waals surface area contributed by atoms with Crippen LogP contribution in [0.2, 0.25) is 0 Å². The number of nitrogens with zero attached hydrogens (tertiary/aromatic N) is 4. The van der Waals surface area contributed by atoms with Crippen LogP contribution in [0, 0.1) is 0 Å². The molecule has 0 aliphatic carbocycles. The van der Waals surface area contributed by atoms with Gasteiger partial charge in [0.2, 0.25) is 0 Å². The fourth-order valence-electron chi connectivity index (χ4n) is 5.23. The molecule has 0 unspecified atom stereocenters. The Morgan fingerprint density at radius 3 is 1.68 bits per heavy atom. The summed E-state index contributed by atoms with van der Waals surface area (Å²) in [7, 11) is 0. The molecule has 0 aliphatic rings. The van der Waals surface area contributed by atoms with Crippen LogP contribution >= 0.6 is 11.3 Å². The minimum Gasteiger partial charge on any atom is -0.236 e. The first-order valence-corrected chi connectivity index (χ1v) is 14.3. The molecule has 0 spiro atoms. The molecule has 6 aromatic carbocycles. The number of rotatable bonds is 4. The van der Waals surface area contributed by atoms with Crippen LogP contribution in [0.5, 0.6) is 0 Å².